The zero-order valence-corrected chi connectivity index (χ0v) is 16.3. The number of aryl methyl sites for hydroxylation is 1. The van der Waals surface area contributed by atoms with E-state index in [0.29, 0.717) is 30.2 Å². The Labute approximate surface area is 167 Å². The van der Waals surface area contributed by atoms with Crippen molar-refractivity contribution in [2.75, 3.05) is 6.54 Å². The van der Waals surface area contributed by atoms with Crippen molar-refractivity contribution in [3.05, 3.63) is 53.1 Å². The molecule has 1 saturated carbocycles. The van der Waals surface area contributed by atoms with E-state index in [1.807, 2.05) is 29.8 Å². The summed E-state index contributed by atoms with van der Waals surface area (Å²) in [4.78, 5) is 8.56. The average molecular weight is 403 g/mol. The quantitative estimate of drug-likeness (QED) is 0.602. The summed E-state index contributed by atoms with van der Waals surface area (Å²) in [5.74, 6) is 0.627. The van der Waals surface area contributed by atoms with Crippen molar-refractivity contribution in [2.24, 2.45) is 5.73 Å². The van der Waals surface area contributed by atoms with Gasteiger partial charge in [-0.3, -0.25) is 0 Å². The third kappa shape index (κ3) is 3.35. The van der Waals surface area contributed by atoms with Gasteiger partial charge in [0.2, 0.25) is 0 Å². The molecule has 1 aliphatic carbocycles. The molecule has 2 aromatic heterocycles. The highest BCUT2D eigenvalue weighted by Gasteiger charge is 2.44. The van der Waals surface area contributed by atoms with Crippen LogP contribution >= 0.6 is 11.6 Å². The van der Waals surface area contributed by atoms with Gasteiger partial charge in [-0.15, -0.1) is 0 Å². The molecule has 0 saturated heterocycles. The molecule has 8 heteroatoms. The molecule has 1 fully saturated rings. The molecule has 4 atom stereocenters. The van der Waals surface area contributed by atoms with Gasteiger partial charge in [-0.2, -0.15) is 0 Å². The summed E-state index contributed by atoms with van der Waals surface area (Å²) in [6.45, 7) is 2.38. The van der Waals surface area contributed by atoms with Crippen LogP contribution in [0.1, 0.15) is 23.7 Å². The van der Waals surface area contributed by atoms with Gasteiger partial charge in [-0.25, -0.2) is 9.97 Å². The van der Waals surface area contributed by atoms with Crippen LogP contribution in [0.25, 0.3) is 11.0 Å². The number of aromatic nitrogens is 3. The molecule has 7 nitrogen and oxygen atoms in total. The zero-order chi connectivity index (χ0) is 19.8. The van der Waals surface area contributed by atoms with Gasteiger partial charge in [0.05, 0.1) is 11.7 Å². The Morgan fingerprint density at radius 2 is 2.07 bits per heavy atom. The van der Waals surface area contributed by atoms with Crippen LogP contribution in [-0.4, -0.2) is 49.6 Å². The Bertz CT molecular complexity index is 993. The lowest BCUT2D eigenvalue weighted by Crippen LogP contribution is -2.34. The molecule has 28 heavy (non-hydrogen) atoms. The molecule has 0 aliphatic heterocycles. The van der Waals surface area contributed by atoms with Gasteiger partial charge in [0.1, 0.15) is 36.0 Å². The van der Waals surface area contributed by atoms with Gasteiger partial charge in [0.15, 0.2) is 0 Å². The number of halogens is 1. The molecule has 0 amide bonds. The Morgan fingerprint density at radius 3 is 2.86 bits per heavy atom. The number of hydrogen-bond donors (Lipinski definition) is 3. The second kappa shape index (κ2) is 7.67. The number of benzene rings is 1. The summed E-state index contributed by atoms with van der Waals surface area (Å²) in [6, 6.07) is 6.92. The minimum Gasteiger partial charge on any atom is -0.487 e. The van der Waals surface area contributed by atoms with Gasteiger partial charge in [0, 0.05) is 23.0 Å². The first kappa shape index (κ1) is 19.1. The summed E-state index contributed by atoms with van der Waals surface area (Å²) in [5.41, 5.74) is 8.18. The maximum absolute atomic E-state index is 10.7. The monoisotopic (exact) mass is 402 g/mol. The molecule has 2 unspecified atom stereocenters. The number of rotatable bonds is 5. The fourth-order valence-electron chi connectivity index (χ4n) is 3.90. The van der Waals surface area contributed by atoms with Crippen LogP contribution in [0.5, 0.6) is 5.75 Å². The predicted molar refractivity (Wildman–Crippen MR) is 107 cm³/mol. The number of nitrogens with two attached hydrogens (primary N) is 1. The lowest BCUT2D eigenvalue weighted by molar-refractivity contribution is -0.0165. The minimum absolute atomic E-state index is 0.350. The van der Waals surface area contributed by atoms with E-state index in [2.05, 4.69) is 9.97 Å². The average Bonchev–Trinajstić information content (AvgIpc) is 3.21. The van der Waals surface area contributed by atoms with E-state index in [4.69, 9.17) is 22.1 Å². The molecule has 4 N–H and O–H groups in total. The number of aliphatic hydroxyl groups excluding tert-OH is 2. The van der Waals surface area contributed by atoms with E-state index in [1.54, 1.807) is 12.1 Å². The highest BCUT2D eigenvalue weighted by molar-refractivity contribution is 6.30. The molecule has 1 aromatic carbocycles. The highest BCUT2D eigenvalue weighted by Crippen LogP contribution is 2.37. The van der Waals surface area contributed by atoms with E-state index in [9.17, 15) is 10.2 Å². The van der Waals surface area contributed by atoms with E-state index < -0.39 is 18.3 Å². The molecular weight excluding hydrogens is 380 g/mol. The maximum atomic E-state index is 10.7. The number of aliphatic hydroxyl groups is 2. The summed E-state index contributed by atoms with van der Waals surface area (Å²) >= 11 is 6.08. The Balaban J connectivity index is 1.61. The molecular formula is C20H23ClN4O3. The van der Waals surface area contributed by atoms with Crippen molar-refractivity contribution in [2.45, 2.75) is 44.1 Å². The largest absolute Gasteiger partial charge is 0.487 e. The van der Waals surface area contributed by atoms with Gasteiger partial charge in [-0.05, 0) is 49.7 Å². The summed E-state index contributed by atoms with van der Waals surface area (Å²) in [5, 5.41) is 22.8. The lowest BCUT2D eigenvalue weighted by atomic mass is 10.1. The predicted octanol–water partition coefficient (Wildman–Crippen LogP) is 2.01. The number of ether oxygens (including phenoxy) is 1. The highest BCUT2D eigenvalue weighted by atomic mass is 35.5. The second-order valence-electron chi connectivity index (χ2n) is 7.15. The van der Waals surface area contributed by atoms with Crippen LogP contribution in [-0.2, 0) is 6.42 Å². The van der Waals surface area contributed by atoms with Crippen LogP contribution in [0.4, 0.5) is 0 Å². The molecule has 0 spiro atoms. The van der Waals surface area contributed by atoms with Crippen molar-refractivity contribution < 1.29 is 14.9 Å². The number of fused-ring (bicyclic) bond motifs is 1. The smallest absolute Gasteiger partial charge is 0.143 e. The van der Waals surface area contributed by atoms with Crippen molar-refractivity contribution in [1.82, 2.24) is 14.5 Å². The van der Waals surface area contributed by atoms with Crippen LogP contribution in [0.15, 0.2) is 36.8 Å². The topological polar surface area (TPSA) is 106 Å². The van der Waals surface area contributed by atoms with Crippen LogP contribution in [0.3, 0.4) is 0 Å². The Hall–Kier alpha value is -2.19. The fourth-order valence-corrected chi connectivity index (χ4v) is 4.10. The van der Waals surface area contributed by atoms with Crippen LogP contribution in [0, 0.1) is 6.92 Å². The standard InChI is InChI=1S/C20H23ClN4O3/c1-11-14-5-7-25(20(14)24-10-23-11)15-9-17(19(27)18(15)26)28-16-3-2-13(21)8-12(16)4-6-22/h2-3,5,7-8,10,15,17-19,26-27H,4,6,9,22H2,1H3/t15?,17?,18-,19+/m0/s1. The molecule has 0 bridgehead atoms. The van der Waals surface area contributed by atoms with Gasteiger partial charge < -0.3 is 25.3 Å². The first-order chi connectivity index (χ1) is 13.5. The van der Waals surface area contributed by atoms with Gasteiger partial charge in [0.25, 0.3) is 0 Å². The SMILES string of the molecule is Cc1ncnc2c1ccn2C1CC(Oc2ccc(Cl)cc2CCN)[C@@H](O)[C@H]1O. The molecule has 4 rings (SSSR count). The normalized spacial score (nSPS) is 24.8. The van der Waals surface area contributed by atoms with Crippen molar-refractivity contribution in [1.29, 1.82) is 0 Å². The number of nitrogens with zero attached hydrogens (tertiary/aromatic N) is 3. The lowest BCUT2D eigenvalue weighted by Gasteiger charge is -2.20. The molecule has 0 radical (unpaired) electrons. The summed E-state index contributed by atoms with van der Waals surface area (Å²) in [7, 11) is 0. The van der Waals surface area contributed by atoms with Gasteiger partial charge in [-0.1, -0.05) is 11.6 Å². The molecule has 148 valence electrons. The third-order valence-electron chi connectivity index (χ3n) is 5.38. The first-order valence-corrected chi connectivity index (χ1v) is 9.67. The summed E-state index contributed by atoms with van der Waals surface area (Å²) in [6.07, 6.45) is 1.89. The Kier molecular flexibility index (Phi) is 5.25. The van der Waals surface area contributed by atoms with E-state index >= 15 is 0 Å². The molecule has 3 aromatic rings. The van der Waals surface area contributed by atoms with Gasteiger partial charge >= 0.3 is 0 Å². The van der Waals surface area contributed by atoms with E-state index in [-0.39, 0.29) is 6.04 Å². The zero-order valence-electron chi connectivity index (χ0n) is 15.5. The van der Waals surface area contributed by atoms with E-state index in [0.717, 1.165) is 22.3 Å². The first-order valence-electron chi connectivity index (χ1n) is 9.29. The summed E-state index contributed by atoms with van der Waals surface area (Å²) < 4.78 is 7.98. The fraction of sp³-hybridized carbons (Fsp3) is 0.400. The third-order valence-corrected chi connectivity index (χ3v) is 5.61. The minimum atomic E-state index is -1.02. The van der Waals surface area contributed by atoms with Crippen LogP contribution in [0.2, 0.25) is 5.02 Å². The van der Waals surface area contributed by atoms with Crippen LogP contribution < -0.4 is 10.5 Å². The Morgan fingerprint density at radius 1 is 1.25 bits per heavy atom. The number of hydrogen-bond acceptors (Lipinski definition) is 6. The second-order valence-corrected chi connectivity index (χ2v) is 7.59. The maximum Gasteiger partial charge on any atom is 0.143 e. The molecule has 2 heterocycles. The van der Waals surface area contributed by atoms with Crippen molar-refractivity contribution >= 4 is 22.6 Å². The molecule has 1 aliphatic rings. The van der Waals surface area contributed by atoms with E-state index in [1.165, 1.54) is 6.33 Å². The van der Waals surface area contributed by atoms with Crippen molar-refractivity contribution in [3.63, 3.8) is 0 Å². The van der Waals surface area contributed by atoms with Crippen molar-refractivity contribution in [3.8, 4) is 5.75 Å².